The van der Waals surface area contributed by atoms with Crippen molar-refractivity contribution in [3.05, 3.63) is 70.8 Å². The molecule has 0 bridgehead atoms. The maximum absolute atomic E-state index is 14.0. The normalized spacial score (nSPS) is 16.5. The maximum Gasteiger partial charge on any atom is 0.128 e. The van der Waals surface area contributed by atoms with Crippen molar-refractivity contribution in [2.75, 3.05) is 13.1 Å². The van der Waals surface area contributed by atoms with Crippen LogP contribution in [-0.4, -0.2) is 18.0 Å². The van der Waals surface area contributed by atoms with Gasteiger partial charge in [0.15, 0.2) is 0 Å². The molecule has 2 aromatic rings. The lowest BCUT2D eigenvalue weighted by Gasteiger charge is -2.35. The molecular formula is C17H18F2N2. The van der Waals surface area contributed by atoms with Gasteiger partial charge in [0.1, 0.15) is 11.6 Å². The highest BCUT2D eigenvalue weighted by atomic mass is 19.1. The minimum Gasteiger partial charge on any atom is -0.329 e. The first kappa shape index (κ1) is 14.2. The van der Waals surface area contributed by atoms with Crippen molar-refractivity contribution in [2.24, 2.45) is 5.73 Å². The van der Waals surface area contributed by atoms with Gasteiger partial charge in [-0.3, -0.25) is 4.90 Å². The lowest BCUT2D eigenvalue weighted by molar-refractivity contribution is 0.180. The molecule has 1 aliphatic heterocycles. The molecule has 0 saturated carbocycles. The van der Waals surface area contributed by atoms with Gasteiger partial charge < -0.3 is 5.73 Å². The fourth-order valence-electron chi connectivity index (χ4n) is 3.03. The summed E-state index contributed by atoms with van der Waals surface area (Å²) in [7, 11) is 0. The number of benzene rings is 2. The average molecular weight is 288 g/mol. The summed E-state index contributed by atoms with van der Waals surface area (Å²) in [5, 5.41) is 0. The largest absolute Gasteiger partial charge is 0.329 e. The Bertz CT molecular complexity index is 642. The highest BCUT2D eigenvalue weighted by molar-refractivity contribution is 5.30. The lowest BCUT2D eigenvalue weighted by Crippen LogP contribution is -2.38. The number of nitrogens with zero attached hydrogens (tertiary/aromatic N) is 1. The van der Waals surface area contributed by atoms with E-state index in [1.165, 1.54) is 23.3 Å². The van der Waals surface area contributed by atoms with Crippen molar-refractivity contribution in [3.63, 3.8) is 0 Å². The number of hydrogen-bond donors (Lipinski definition) is 1. The van der Waals surface area contributed by atoms with Crippen LogP contribution in [0.15, 0.2) is 42.5 Å². The van der Waals surface area contributed by atoms with Crippen molar-refractivity contribution >= 4 is 0 Å². The van der Waals surface area contributed by atoms with E-state index in [9.17, 15) is 8.78 Å². The van der Waals surface area contributed by atoms with Crippen LogP contribution in [-0.2, 0) is 13.0 Å². The molecule has 0 amide bonds. The van der Waals surface area contributed by atoms with Crippen molar-refractivity contribution < 1.29 is 8.78 Å². The van der Waals surface area contributed by atoms with E-state index in [1.807, 2.05) is 12.1 Å². The van der Waals surface area contributed by atoms with E-state index >= 15 is 0 Å². The highest BCUT2D eigenvalue weighted by Gasteiger charge is 2.25. The molecule has 0 fully saturated rings. The van der Waals surface area contributed by atoms with E-state index < -0.39 is 11.6 Å². The van der Waals surface area contributed by atoms with Gasteiger partial charge in [-0.05, 0) is 35.7 Å². The van der Waals surface area contributed by atoms with Crippen LogP contribution >= 0.6 is 0 Å². The number of fused-ring (bicyclic) bond motifs is 1. The second-order valence-corrected chi connectivity index (χ2v) is 5.41. The third-order valence-corrected chi connectivity index (χ3v) is 4.14. The van der Waals surface area contributed by atoms with Crippen LogP contribution in [0.25, 0.3) is 0 Å². The molecule has 0 spiro atoms. The summed E-state index contributed by atoms with van der Waals surface area (Å²) in [5.41, 5.74) is 8.75. The van der Waals surface area contributed by atoms with Crippen LogP contribution in [0.3, 0.4) is 0 Å². The van der Waals surface area contributed by atoms with Crippen molar-refractivity contribution in [1.29, 1.82) is 0 Å². The first-order valence-corrected chi connectivity index (χ1v) is 7.15. The molecule has 2 nitrogen and oxygen atoms in total. The summed E-state index contributed by atoms with van der Waals surface area (Å²) in [6, 6.07) is 11.5. The molecule has 0 saturated heterocycles. The molecule has 2 N–H and O–H groups in total. The van der Waals surface area contributed by atoms with Gasteiger partial charge in [-0.25, -0.2) is 8.78 Å². The van der Waals surface area contributed by atoms with E-state index in [2.05, 4.69) is 17.0 Å². The maximum atomic E-state index is 14.0. The summed E-state index contributed by atoms with van der Waals surface area (Å²) in [5.74, 6) is -0.826. The topological polar surface area (TPSA) is 29.3 Å². The molecular weight excluding hydrogens is 270 g/mol. The van der Waals surface area contributed by atoms with Gasteiger partial charge in [-0.15, -0.1) is 0 Å². The van der Waals surface area contributed by atoms with Gasteiger partial charge in [0, 0.05) is 25.2 Å². The van der Waals surface area contributed by atoms with Crippen LogP contribution in [0, 0.1) is 11.6 Å². The summed E-state index contributed by atoms with van der Waals surface area (Å²) < 4.78 is 27.4. The summed E-state index contributed by atoms with van der Waals surface area (Å²) in [6.45, 7) is 1.78. The Morgan fingerprint density at radius 1 is 1.10 bits per heavy atom. The Morgan fingerprint density at radius 2 is 1.86 bits per heavy atom. The molecule has 1 unspecified atom stereocenters. The molecule has 0 radical (unpaired) electrons. The zero-order valence-electron chi connectivity index (χ0n) is 11.7. The summed E-state index contributed by atoms with van der Waals surface area (Å²) in [6.07, 6.45) is 0.906. The van der Waals surface area contributed by atoms with Crippen LogP contribution < -0.4 is 5.73 Å². The molecule has 4 heteroatoms. The van der Waals surface area contributed by atoms with Crippen LogP contribution in [0.1, 0.15) is 22.7 Å². The van der Waals surface area contributed by atoms with Gasteiger partial charge in [0.05, 0.1) is 6.04 Å². The van der Waals surface area contributed by atoms with E-state index in [1.54, 1.807) is 0 Å². The molecule has 3 rings (SSSR count). The van der Waals surface area contributed by atoms with E-state index in [0.717, 1.165) is 19.0 Å². The molecule has 2 aromatic carbocycles. The van der Waals surface area contributed by atoms with E-state index in [4.69, 9.17) is 5.73 Å². The second-order valence-electron chi connectivity index (χ2n) is 5.41. The average Bonchev–Trinajstić information content (AvgIpc) is 2.51. The first-order valence-electron chi connectivity index (χ1n) is 7.15. The number of halogens is 2. The zero-order valence-corrected chi connectivity index (χ0v) is 11.7. The third-order valence-electron chi connectivity index (χ3n) is 4.14. The van der Waals surface area contributed by atoms with Gasteiger partial charge in [0.2, 0.25) is 0 Å². The Kier molecular flexibility index (Phi) is 3.99. The van der Waals surface area contributed by atoms with Crippen molar-refractivity contribution in [1.82, 2.24) is 4.90 Å². The minimum absolute atomic E-state index is 0.266. The summed E-state index contributed by atoms with van der Waals surface area (Å²) in [4.78, 5) is 2.13. The Balaban J connectivity index is 1.90. The smallest absolute Gasteiger partial charge is 0.128 e. The molecule has 0 aromatic heterocycles. The van der Waals surface area contributed by atoms with E-state index in [-0.39, 0.29) is 12.6 Å². The molecule has 110 valence electrons. The standard InChI is InChI=1S/C17H18F2N2/c18-14-5-6-16(19)15(9-14)17(10-20)21-8-7-12-3-1-2-4-13(12)11-21/h1-6,9,17H,7-8,10-11,20H2. The monoisotopic (exact) mass is 288 g/mol. The molecule has 1 heterocycles. The van der Waals surface area contributed by atoms with Gasteiger partial charge in [0.25, 0.3) is 0 Å². The Morgan fingerprint density at radius 3 is 2.62 bits per heavy atom. The molecule has 1 aliphatic rings. The quantitative estimate of drug-likeness (QED) is 0.940. The Hall–Kier alpha value is -1.78. The molecule has 1 atom stereocenters. The summed E-state index contributed by atoms with van der Waals surface area (Å²) >= 11 is 0. The van der Waals surface area contributed by atoms with Gasteiger partial charge in [-0.2, -0.15) is 0 Å². The third kappa shape index (κ3) is 2.82. The SMILES string of the molecule is NCC(c1cc(F)ccc1F)N1CCc2ccccc2C1. The van der Waals surface area contributed by atoms with E-state index in [0.29, 0.717) is 12.1 Å². The number of nitrogens with two attached hydrogens (primary N) is 1. The fraction of sp³-hybridized carbons (Fsp3) is 0.294. The Labute approximate surface area is 123 Å². The van der Waals surface area contributed by atoms with Crippen LogP contribution in [0.2, 0.25) is 0 Å². The highest BCUT2D eigenvalue weighted by Crippen LogP contribution is 2.29. The molecule has 21 heavy (non-hydrogen) atoms. The van der Waals surface area contributed by atoms with Crippen LogP contribution in [0.5, 0.6) is 0 Å². The van der Waals surface area contributed by atoms with Crippen molar-refractivity contribution in [3.8, 4) is 0 Å². The zero-order chi connectivity index (χ0) is 14.8. The predicted molar refractivity (Wildman–Crippen MR) is 78.7 cm³/mol. The number of rotatable bonds is 3. The second kappa shape index (κ2) is 5.92. The minimum atomic E-state index is -0.428. The predicted octanol–water partition coefficient (Wildman–Crippen LogP) is 3.02. The fourth-order valence-corrected chi connectivity index (χ4v) is 3.03. The molecule has 0 aliphatic carbocycles. The van der Waals surface area contributed by atoms with Gasteiger partial charge >= 0.3 is 0 Å². The van der Waals surface area contributed by atoms with Crippen molar-refractivity contribution in [2.45, 2.75) is 19.0 Å². The van der Waals surface area contributed by atoms with Gasteiger partial charge in [-0.1, -0.05) is 24.3 Å². The first-order chi connectivity index (χ1) is 10.2. The lowest BCUT2D eigenvalue weighted by atomic mass is 9.96. The number of hydrogen-bond acceptors (Lipinski definition) is 2. The van der Waals surface area contributed by atoms with Crippen LogP contribution in [0.4, 0.5) is 8.78 Å².